The number of thiophene rings is 1. The van der Waals surface area contributed by atoms with E-state index in [4.69, 9.17) is 9.72 Å². The molecule has 23 heavy (non-hydrogen) atoms. The minimum Gasteiger partial charge on any atom is -0.497 e. The molecule has 0 spiro atoms. The highest BCUT2D eigenvalue weighted by molar-refractivity contribution is 7.13. The number of methoxy groups -OCH3 is 1. The van der Waals surface area contributed by atoms with Gasteiger partial charge in [-0.2, -0.15) is 5.10 Å². The Bertz CT molecular complexity index is 972. The van der Waals surface area contributed by atoms with Crippen molar-refractivity contribution in [3.05, 3.63) is 47.5 Å². The van der Waals surface area contributed by atoms with Crippen molar-refractivity contribution in [3.63, 3.8) is 0 Å². The van der Waals surface area contributed by atoms with Crippen molar-refractivity contribution in [2.75, 3.05) is 7.11 Å². The summed E-state index contributed by atoms with van der Waals surface area (Å²) in [5.74, 6) is 0.820. The van der Waals surface area contributed by atoms with Crippen LogP contribution in [-0.4, -0.2) is 27.3 Å². The minimum absolute atomic E-state index is 0.630. The number of nitrogens with one attached hydrogen (secondary N) is 1. The van der Waals surface area contributed by atoms with Crippen LogP contribution in [0.15, 0.2) is 41.9 Å². The van der Waals surface area contributed by atoms with Gasteiger partial charge in [0.1, 0.15) is 17.0 Å². The van der Waals surface area contributed by atoms with E-state index in [9.17, 15) is 0 Å². The van der Waals surface area contributed by atoms with Crippen molar-refractivity contribution < 1.29 is 4.74 Å². The molecule has 0 aliphatic heterocycles. The van der Waals surface area contributed by atoms with Crippen LogP contribution in [0.2, 0.25) is 0 Å². The second kappa shape index (κ2) is 5.48. The van der Waals surface area contributed by atoms with Gasteiger partial charge in [0.15, 0.2) is 5.65 Å². The molecule has 4 aromatic rings. The van der Waals surface area contributed by atoms with Crippen LogP contribution in [0, 0.1) is 6.92 Å². The van der Waals surface area contributed by atoms with E-state index in [0.29, 0.717) is 5.65 Å². The maximum Gasteiger partial charge on any atom is 0.200 e. The summed E-state index contributed by atoms with van der Waals surface area (Å²) in [6, 6.07) is 9.88. The first-order valence-electron chi connectivity index (χ1n) is 7.16. The number of ether oxygens (including phenoxy) is 1. The smallest absolute Gasteiger partial charge is 0.200 e. The topological polar surface area (TPSA) is 63.7 Å². The lowest BCUT2D eigenvalue weighted by atomic mass is 10.1. The van der Waals surface area contributed by atoms with Gasteiger partial charge in [0.05, 0.1) is 23.9 Å². The van der Waals surface area contributed by atoms with Crippen LogP contribution >= 0.6 is 11.3 Å². The summed E-state index contributed by atoms with van der Waals surface area (Å²) in [5, 5.41) is 9.40. The van der Waals surface area contributed by atoms with Crippen LogP contribution in [0.1, 0.15) is 5.56 Å². The Morgan fingerprint density at radius 2 is 1.96 bits per heavy atom. The Kier molecular flexibility index (Phi) is 3.31. The van der Waals surface area contributed by atoms with Crippen molar-refractivity contribution in [1.29, 1.82) is 0 Å². The standard InChI is InChI=1S/C17H14N4OS/c1-10-7-8-23-16(10)14-15-17(21-20-14)18-9-13(19-15)11-3-5-12(22-2)6-4-11/h3-9H,1-2H3,(H,18,20,21). The fourth-order valence-corrected chi connectivity index (χ4v) is 3.40. The first kappa shape index (κ1) is 13.9. The van der Waals surface area contributed by atoms with Crippen molar-refractivity contribution in [2.45, 2.75) is 6.92 Å². The van der Waals surface area contributed by atoms with E-state index in [1.54, 1.807) is 24.6 Å². The SMILES string of the molecule is COc1ccc(-c2cnc3n[nH]c(-c4sccc4C)c3n2)cc1. The normalized spacial score (nSPS) is 11.0. The molecule has 0 atom stereocenters. The van der Waals surface area contributed by atoms with Gasteiger partial charge < -0.3 is 4.74 Å². The van der Waals surface area contributed by atoms with Crippen LogP contribution in [0.5, 0.6) is 5.75 Å². The lowest BCUT2D eigenvalue weighted by Crippen LogP contribution is -1.89. The molecule has 6 heteroatoms. The minimum atomic E-state index is 0.630. The Labute approximate surface area is 137 Å². The predicted octanol–water partition coefficient (Wildman–Crippen LogP) is 4.07. The molecule has 0 amide bonds. The molecule has 1 aromatic carbocycles. The Balaban J connectivity index is 1.85. The highest BCUT2D eigenvalue weighted by Crippen LogP contribution is 2.32. The number of hydrogen-bond acceptors (Lipinski definition) is 5. The molecule has 0 saturated heterocycles. The predicted molar refractivity (Wildman–Crippen MR) is 91.7 cm³/mol. The summed E-state index contributed by atoms with van der Waals surface area (Å²) in [4.78, 5) is 10.3. The number of aryl methyl sites for hydroxylation is 1. The van der Waals surface area contributed by atoms with Gasteiger partial charge in [0, 0.05) is 5.56 Å². The van der Waals surface area contributed by atoms with E-state index in [-0.39, 0.29) is 0 Å². The molecule has 4 rings (SSSR count). The molecule has 0 aliphatic carbocycles. The van der Waals surface area contributed by atoms with Gasteiger partial charge >= 0.3 is 0 Å². The average Bonchev–Trinajstić information content (AvgIpc) is 3.20. The van der Waals surface area contributed by atoms with E-state index >= 15 is 0 Å². The zero-order valence-electron chi connectivity index (χ0n) is 12.7. The first-order valence-corrected chi connectivity index (χ1v) is 8.04. The largest absolute Gasteiger partial charge is 0.497 e. The highest BCUT2D eigenvalue weighted by Gasteiger charge is 2.14. The fourth-order valence-electron chi connectivity index (χ4n) is 2.48. The number of rotatable bonds is 3. The van der Waals surface area contributed by atoms with Crippen molar-refractivity contribution in [3.8, 4) is 27.6 Å². The van der Waals surface area contributed by atoms with Crippen LogP contribution in [0.25, 0.3) is 33.0 Å². The number of nitrogens with zero attached hydrogens (tertiary/aromatic N) is 3. The van der Waals surface area contributed by atoms with Gasteiger partial charge in [-0.1, -0.05) is 0 Å². The molecular weight excluding hydrogens is 308 g/mol. The third kappa shape index (κ3) is 2.37. The number of H-pyrrole nitrogens is 1. The number of aromatic amines is 1. The molecule has 0 unspecified atom stereocenters. The number of hydrogen-bond donors (Lipinski definition) is 1. The third-order valence-electron chi connectivity index (χ3n) is 3.74. The Morgan fingerprint density at radius 3 is 2.65 bits per heavy atom. The van der Waals surface area contributed by atoms with Gasteiger partial charge in [-0.05, 0) is 48.2 Å². The third-order valence-corrected chi connectivity index (χ3v) is 4.77. The van der Waals surface area contributed by atoms with Crippen molar-refractivity contribution in [1.82, 2.24) is 20.2 Å². The first-order chi connectivity index (χ1) is 11.3. The lowest BCUT2D eigenvalue weighted by molar-refractivity contribution is 0.415. The van der Waals surface area contributed by atoms with Gasteiger partial charge in [-0.3, -0.25) is 5.10 Å². The monoisotopic (exact) mass is 322 g/mol. The molecule has 0 saturated carbocycles. The molecule has 0 aliphatic rings. The van der Waals surface area contributed by atoms with Gasteiger partial charge in [0.2, 0.25) is 0 Å². The van der Waals surface area contributed by atoms with Gasteiger partial charge in [0.25, 0.3) is 0 Å². The maximum atomic E-state index is 5.19. The highest BCUT2D eigenvalue weighted by atomic mass is 32.1. The van der Waals surface area contributed by atoms with Gasteiger partial charge in [-0.15, -0.1) is 11.3 Å². The molecule has 3 heterocycles. The second-order valence-electron chi connectivity index (χ2n) is 5.19. The molecule has 1 N–H and O–H groups in total. The Morgan fingerprint density at radius 1 is 1.13 bits per heavy atom. The fraction of sp³-hybridized carbons (Fsp3) is 0.118. The van der Waals surface area contributed by atoms with E-state index in [0.717, 1.165) is 33.1 Å². The second-order valence-corrected chi connectivity index (χ2v) is 6.10. The molecule has 3 aromatic heterocycles. The molecule has 0 radical (unpaired) electrons. The Hall–Kier alpha value is -2.73. The number of fused-ring (bicyclic) bond motifs is 1. The van der Waals surface area contributed by atoms with E-state index < -0.39 is 0 Å². The average molecular weight is 322 g/mol. The summed E-state index contributed by atoms with van der Waals surface area (Å²) in [6.07, 6.45) is 1.75. The van der Waals surface area contributed by atoms with Crippen LogP contribution < -0.4 is 4.74 Å². The maximum absolute atomic E-state index is 5.19. The quantitative estimate of drug-likeness (QED) is 0.617. The summed E-state index contributed by atoms with van der Waals surface area (Å²) in [5.41, 5.74) is 5.37. The zero-order valence-corrected chi connectivity index (χ0v) is 13.5. The van der Waals surface area contributed by atoms with Gasteiger partial charge in [-0.25, -0.2) is 9.97 Å². The van der Waals surface area contributed by atoms with E-state index in [1.807, 2.05) is 24.3 Å². The van der Waals surface area contributed by atoms with Crippen molar-refractivity contribution in [2.24, 2.45) is 0 Å². The van der Waals surface area contributed by atoms with Crippen molar-refractivity contribution >= 4 is 22.5 Å². The van der Waals surface area contributed by atoms with E-state index in [1.165, 1.54) is 5.56 Å². The molecule has 0 bridgehead atoms. The number of benzene rings is 1. The molecule has 5 nitrogen and oxygen atoms in total. The molecule has 0 fully saturated rings. The van der Waals surface area contributed by atoms with Crippen LogP contribution in [0.3, 0.4) is 0 Å². The summed E-state index contributed by atoms with van der Waals surface area (Å²) in [6.45, 7) is 2.08. The summed E-state index contributed by atoms with van der Waals surface area (Å²) >= 11 is 1.67. The lowest BCUT2D eigenvalue weighted by Gasteiger charge is -2.03. The molecule has 114 valence electrons. The number of aromatic nitrogens is 4. The summed E-state index contributed by atoms with van der Waals surface area (Å²) in [7, 11) is 1.65. The van der Waals surface area contributed by atoms with E-state index in [2.05, 4.69) is 33.6 Å². The van der Waals surface area contributed by atoms with Crippen LogP contribution in [-0.2, 0) is 0 Å². The summed E-state index contributed by atoms with van der Waals surface area (Å²) < 4.78 is 5.19. The molecular formula is C17H14N4OS. The zero-order chi connectivity index (χ0) is 15.8. The van der Waals surface area contributed by atoms with Crippen LogP contribution in [0.4, 0.5) is 0 Å².